The Bertz CT molecular complexity index is 713. The van der Waals surface area contributed by atoms with Crippen molar-refractivity contribution in [3.05, 3.63) is 23.8 Å². The Kier molecular flexibility index (Phi) is 6.31. The lowest BCUT2D eigenvalue weighted by Crippen LogP contribution is -2.53. The highest BCUT2D eigenvalue weighted by molar-refractivity contribution is 7.47. The van der Waals surface area contributed by atoms with E-state index in [0.717, 1.165) is 12.1 Å². The Morgan fingerprint density at radius 3 is 2.08 bits per heavy atom. The van der Waals surface area contributed by atoms with Crippen LogP contribution in [0.3, 0.4) is 0 Å². The molecule has 0 aliphatic carbocycles. The highest BCUT2D eigenvalue weighted by Crippen LogP contribution is 2.47. The number of carbonyl (C=O) groups excluding carboxylic acids is 1. The van der Waals surface area contributed by atoms with E-state index in [1.807, 2.05) is 0 Å². The van der Waals surface area contributed by atoms with Crippen molar-refractivity contribution in [3.8, 4) is 11.5 Å². The largest absolute Gasteiger partial charge is 0.524 e. The standard InChI is InChI=1S/C11H18N2O9P2/c1-7(14)11(2,13-12)6-8-3-4-9(21-23(15,16)17)10(5-8)22-24(18,19)20/h3-5,13H,6,12H2,1-2H3,(H2,15,16,17)(H2,18,19,20)/t11-/m0/s1. The van der Waals surface area contributed by atoms with Gasteiger partial charge in [-0.05, 0) is 38.0 Å². The number of phosphoric acid groups is 2. The van der Waals surface area contributed by atoms with Gasteiger partial charge in [0.1, 0.15) is 0 Å². The molecule has 0 radical (unpaired) electrons. The summed E-state index contributed by atoms with van der Waals surface area (Å²) >= 11 is 0. The van der Waals surface area contributed by atoms with Crippen LogP contribution in [0.25, 0.3) is 0 Å². The minimum atomic E-state index is -5.02. The van der Waals surface area contributed by atoms with E-state index in [1.165, 1.54) is 19.9 Å². The molecule has 0 saturated heterocycles. The third kappa shape index (κ3) is 6.31. The van der Waals surface area contributed by atoms with Crippen LogP contribution in [-0.2, 0) is 20.3 Å². The summed E-state index contributed by atoms with van der Waals surface area (Å²) in [4.78, 5) is 47.1. The summed E-state index contributed by atoms with van der Waals surface area (Å²) in [6.07, 6.45) is 0.0204. The van der Waals surface area contributed by atoms with Crippen molar-refractivity contribution in [1.82, 2.24) is 5.43 Å². The SMILES string of the molecule is CC(=O)[C@](C)(Cc1ccc(OP(=O)(O)O)c(OP(=O)(O)O)c1)NN. The first-order valence-corrected chi connectivity index (χ1v) is 9.44. The molecule has 1 aromatic rings. The van der Waals surface area contributed by atoms with Gasteiger partial charge < -0.3 is 9.05 Å². The smallest absolute Gasteiger partial charge is 0.400 e. The molecule has 24 heavy (non-hydrogen) atoms. The number of hydrazine groups is 1. The lowest BCUT2D eigenvalue weighted by molar-refractivity contribution is -0.122. The van der Waals surface area contributed by atoms with E-state index in [0.29, 0.717) is 5.56 Å². The minimum Gasteiger partial charge on any atom is -0.400 e. The number of rotatable bonds is 8. The predicted octanol–water partition coefficient (Wildman–Crippen LogP) is -0.0169. The van der Waals surface area contributed by atoms with Crippen LogP contribution in [0, 0.1) is 0 Å². The number of hydrogen-bond acceptors (Lipinski definition) is 7. The summed E-state index contributed by atoms with van der Waals surface area (Å²) in [6.45, 7) is 2.82. The van der Waals surface area contributed by atoms with Gasteiger partial charge in [0.2, 0.25) is 0 Å². The summed E-state index contributed by atoms with van der Waals surface area (Å²) in [7, 11) is -9.99. The first kappa shape index (κ1) is 20.8. The molecule has 0 spiro atoms. The van der Waals surface area contributed by atoms with E-state index in [2.05, 4.69) is 14.5 Å². The van der Waals surface area contributed by atoms with Crippen molar-refractivity contribution in [2.24, 2.45) is 5.84 Å². The molecule has 1 aromatic carbocycles. The fraction of sp³-hybridized carbons (Fsp3) is 0.364. The highest BCUT2D eigenvalue weighted by atomic mass is 31.2. The monoisotopic (exact) mass is 384 g/mol. The van der Waals surface area contributed by atoms with Crippen LogP contribution < -0.4 is 20.3 Å². The molecule has 0 aliphatic rings. The highest BCUT2D eigenvalue weighted by Gasteiger charge is 2.30. The lowest BCUT2D eigenvalue weighted by atomic mass is 9.90. The molecular formula is C11H18N2O9P2. The van der Waals surface area contributed by atoms with Crippen LogP contribution in [0.2, 0.25) is 0 Å². The van der Waals surface area contributed by atoms with Crippen molar-refractivity contribution >= 4 is 21.4 Å². The molecule has 0 aliphatic heterocycles. The molecule has 0 aromatic heterocycles. The first-order valence-electron chi connectivity index (χ1n) is 6.38. The second kappa shape index (κ2) is 7.30. The Hall–Kier alpha value is -1.29. The van der Waals surface area contributed by atoms with Gasteiger partial charge in [0.05, 0.1) is 5.54 Å². The number of phosphoric ester groups is 2. The summed E-state index contributed by atoms with van der Waals surface area (Å²) < 4.78 is 30.7. The van der Waals surface area contributed by atoms with E-state index in [1.54, 1.807) is 0 Å². The zero-order chi connectivity index (χ0) is 18.8. The number of nitrogens with two attached hydrogens (primary N) is 1. The van der Waals surface area contributed by atoms with Crippen molar-refractivity contribution in [1.29, 1.82) is 0 Å². The number of benzene rings is 1. The molecule has 0 unspecified atom stereocenters. The second-order valence-corrected chi connectivity index (χ2v) is 7.48. The van der Waals surface area contributed by atoms with Gasteiger partial charge in [-0.2, -0.15) is 0 Å². The number of hydrogen-bond donors (Lipinski definition) is 6. The number of nitrogens with one attached hydrogen (secondary N) is 1. The fourth-order valence-electron chi connectivity index (χ4n) is 1.75. The predicted molar refractivity (Wildman–Crippen MR) is 81.9 cm³/mol. The number of ketones is 1. The summed E-state index contributed by atoms with van der Waals surface area (Å²) in [5.74, 6) is 3.90. The Morgan fingerprint density at radius 2 is 1.67 bits per heavy atom. The van der Waals surface area contributed by atoms with Gasteiger partial charge in [-0.15, -0.1) is 0 Å². The third-order valence-corrected chi connectivity index (χ3v) is 3.97. The average molecular weight is 384 g/mol. The fourth-order valence-corrected chi connectivity index (χ4v) is 2.56. The molecule has 0 bridgehead atoms. The second-order valence-electron chi connectivity index (χ2n) is 5.15. The molecule has 0 saturated carbocycles. The molecule has 0 heterocycles. The van der Waals surface area contributed by atoms with Crippen molar-refractivity contribution in [2.75, 3.05) is 0 Å². The van der Waals surface area contributed by atoms with E-state index in [9.17, 15) is 13.9 Å². The van der Waals surface area contributed by atoms with Crippen molar-refractivity contribution in [3.63, 3.8) is 0 Å². The Balaban J connectivity index is 3.27. The topological polar surface area (TPSA) is 189 Å². The molecule has 1 atom stereocenters. The summed E-state index contributed by atoms with van der Waals surface area (Å²) in [5.41, 5.74) is 1.54. The van der Waals surface area contributed by atoms with Gasteiger partial charge in [-0.25, -0.2) is 14.6 Å². The molecule has 1 rings (SSSR count). The lowest BCUT2D eigenvalue weighted by Gasteiger charge is -2.26. The van der Waals surface area contributed by atoms with Crippen molar-refractivity contribution in [2.45, 2.75) is 25.8 Å². The number of carbonyl (C=O) groups is 1. The van der Waals surface area contributed by atoms with E-state index in [4.69, 9.17) is 25.4 Å². The maximum atomic E-state index is 11.6. The van der Waals surface area contributed by atoms with Crippen LogP contribution in [0.15, 0.2) is 18.2 Å². The quantitative estimate of drug-likeness (QED) is 0.201. The summed E-state index contributed by atoms with van der Waals surface area (Å²) in [6, 6.07) is 3.48. The maximum absolute atomic E-state index is 11.6. The van der Waals surface area contributed by atoms with Gasteiger partial charge in [-0.1, -0.05) is 6.07 Å². The Morgan fingerprint density at radius 1 is 1.17 bits per heavy atom. The van der Waals surface area contributed by atoms with Crippen molar-refractivity contribution < 1.29 is 42.5 Å². The molecule has 136 valence electrons. The zero-order valence-electron chi connectivity index (χ0n) is 12.7. The molecular weight excluding hydrogens is 366 g/mol. The van der Waals surface area contributed by atoms with Gasteiger partial charge in [0.15, 0.2) is 17.3 Å². The van der Waals surface area contributed by atoms with E-state index >= 15 is 0 Å². The van der Waals surface area contributed by atoms with Gasteiger partial charge in [0, 0.05) is 0 Å². The zero-order valence-corrected chi connectivity index (χ0v) is 14.5. The average Bonchev–Trinajstić information content (AvgIpc) is 2.38. The first-order chi connectivity index (χ1) is 10.8. The normalized spacial score (nSPS) is 14.8. The van der Waals surface area contributed by atoms with Crippen LogP contribution >= 0.6 is 15.6 Å². The van der Waals surface area contributed by atoms with Crippen LogP contribution in [0.4, 0.5) is 0 Å². The van der Waals surface area contributed by atoms with E-state index in [-0.39, 0.29) is 12.2 Å². The van der Waals surface area contributed by atoms with Crippen LogP contribution in [0.1, 0.15) is 19.4 Å². The molecule has 11 nitrogen and oxygen atoms in total. The van der Waals surface area contributed by atoms with Gasteiger partial charge in [-0.3, -0.25) is 30.2 Å². The molecule has 7 N–H and O–H groups in total. The minimum absolute atomic E-state index is 0.0204. The maximum Gasteiger partial charge on any atom is 0.524 e. The third-order valence-electron chi connectivity index (χ3n) is 3.10. The molecule has 0 amide bonds. The molecule has 13 heteroatoms. The van der Waals surface area contributed by atoms with E-state index < -0.39 is 32.7 Å². The Labute approximate surface area is 137 Å². The van der Waals surface area contributed by atoms with Crippen LogP contribution in [-0.4, -0.2) is 30.9 Å². The van der Waals surface area contributed by atoms with Crippen LogP contribution in [0.5, 0.6) is 11.5 Å². The summed E-state index contributed by atoms with van der Waals surface area (Å²) in [5, 5.41) is 0. The molecule has 0 fully saturated rings. The van der Waals surface area contributed by atoms with Gasteiger partial charge in [0.25, 0.3) is 0 Å². The van der Waals surface area contributed by atoms with Gasteiger partial charge >= 0.3 is 15.6 Å². The number of Topliss-reactive ketones (excluding diaryl/α,β-unsaturated/α-hetero) is 1.